The van der Waals surface area contributed by atoms with Crippen molar-refractivity contribution >= 4 is 17.7 Å². The average molecular weight is 389 g/mol. The van der Waals surface area contributed by atoms with E-state index in [-0.39, 0.29) is 56.9 Å². The number of amides is 3. The number of benzene rings is 1. The number of rotatable bonds is 1. The Labute approximate surface area is 162 Å². The van der Waals surface area contributed by atoms with Crippen LogP contribution < -0.4 is 5.32 Å². The zero-order chi connectivity index (χ0) is 16.3. The minimum Gasteiger partial charge on any atom is -0.335 e. The number of fused-ring (bicyclic) bond motifs is 1. The van der Waals surface area contributed by atoms with Crippen LogP contribution in [0.1, 0.15) is 49.5 Å². The van der Waals surface area contributed by atoms with Gasteiger partial charge in [0.25, 0.3) is 0 Å². The normalized spacial score (nSPS) is 19.6. The molecule has 0 spiro atoms. The molecule has 3 rings (SSSR count). The summed E-state index contributed by atoms with van der Waals surface area (Å²) in [5.74, 6) is 0.612. The molecular formula is C17H20N2O3Y-2. The minimum atomic E-state index is -0.539. The smallest absolute Gasteiger partial charge is 0.249 e. The first-order valence-corrected chi connectivity index (χ1v) is 7.30. The second kappa shape index (κ2) is 8.69. The van der Waals surface area contributed by atoms with Gasteiger partial charge >= 0.3 is 0 Å². The standard InChI is InChI=1S/C13H11N2O3.C4H9.Y/c16-11-6-5-10(12(17)14-11)15-7-8-3-1-2-4-9(8)13(15)18;1-4(2)3;/h1,3-4,10H,5-7H2,(H,14,16,17);1-3H3;/q2*-1;. The quantitative estimate of drug-likeness (QED) is 0.589. The first-order valence-electron chi connectivity index (χ1n) is 7.30. The Hall–Kier alpha value is -1.07. The van der Waals surface area contributed by atoms with Crippen molar-refractivity contribution in [1.82, 2.24) is 10.2 Å². The topological polar surface area (TPSA) is 66.5 Å². The monoisotopic (exact) mass is 389 g/mol. The third-order valence-electron chi connectivity index (χ3n) is 3.37. The van der Waals surface area contributed by atoms with Crippen molar-refractivity contribution in [2.24, 2.45) is 0 Å². The first kappa shape index (κ1) is 20.0. The van der Waals surface area contributed by atoms with Crippen molar-refractivity contribution < 1.29 is 47.1 Å². The molecule has 1 atom stereocenters. The molecule has 1 unspecified atom stereocenters. The summed E-state index contributed by atoms with van der Waals surface area (Å²) in [5, 5.41) is 2.27. The maximum absolute atomic E-state index is 12.2. The largest absolute Gasteiger partial charge is 0.335 e. The van der Waals surface area contributed by atoms with Crippen LogP contribution in [-0.4, -0.2) is 28.7 Å². The fraction of sp³-hybridized carbons (Fsp3) is 0.412. The second-order valence-electron chi connectivity index (χ2n) is 5.98. The molecule has 23 heavy (non-hydrogen) atoms. The van der Waals surface area contributed by atoms with Crippen LogP contribution in [0.2, 0.25) is 0 Å². The van der Waals surface area contributed by atoms with Gasteiger partial charge < -0.3 is 10.8 Å². The molecule has 3 amide bonds. The van der Waals surface area contributed by atoms with Crippen LogP contribution in [0.5, 0.6) is 0 Å². The fourth-order valence-corrected chi connectivity index (χ4v) is 2.44. The fourth-order valence-electron chi connectivity index (χ4n) is 2.44. The van der Waals surface area contributed by atoms with E-state index in [1.807, 2.05) is 6.07 Å². The number of carbonyl (C=O) groups is 3. The van der Waals surface area contributed by atoms with Gasteiger partial charge in [-0.25, -0.2) is 0 Å². The Morgan fingerprint density at radius 2 is 1.91 bits per heavy atom. The number of hydrogen-bond donors (Lipinski definition) is 1. The zero-order valence-corrected chi connectivity index (χ0v) is 16.5. The summed E-state index contributed by atoms with van der Waals surface area (Å²) < 4.78 is 0. The molecule has 2 heterocycles. The second-order valence-corrected chi connectivity index (χ2v) is 5.98. The predicted molar refractivity (Wildman–Crippen MR) is 81.6 cm³/mol. The van der Waals surface area contributed by atoms with Crippen LogP contribution >= 0.6 is 0 Å². The molecule has 121 valence electrons. The van der Waals surface area contributed by atoms with Gasteiger partial charge in [-0.3, -0.25) is 19.7 Å². The third kappa shape index (κ3) is 4.95. The molecule has 1 aromatic rings. The van der Waals surface area contributed by atoms with Crippen LogP contribution in [0.4, 0.5) is 0 Å². The molecule has 1 radical (unpaired) electrons. The Kier molecular flexibility index (Phi) is 7.55. The van der Waals surface area contributed by atoms with Gasteiger partial charge in [0.05, 0.1) is 0 Å². The summed E-state index contributed by atoms with van der Waals surface area (Å²) in [7, 11) is 0. The molecule has 0 saturated carbocycles. The summed E-state index contributed by atoms with van der Waals surface area (Å²) in [6.45, 7) is 6.68. The van der Waals surface area contributed by atoms with Crippen LogP contribution in [0, 0.1) is 12.0 Å². The van der Waals surface area contributed by atoms with Gasteiger partial charge in [0.1, 0.15) is 6.04 Å². The number of piperidine rings is 1. The van der Waals surface area contributed by atoms with Crippen LogP contribution in [0.25, 0.3) is 0 Å². The van der Waals surface area contributed by atoms with Crippen molar-refractivity contribution in [3.05, 3.63) is 41.3 Å². The molecule has 1 N–H and O–H groups in total. The van der Waals surface area contributed by atoms with Crippen LogP contribution in [0.15, 0.2) is 18.2 Å². The van der Waals surface area contributed by atoms with Gasteiger partial charge in [-0.05, 0) is 6.42 Å². The predicted octanol–water partition coefficient (Wildman–Crippen LogP) is 1.87. The van der Waals surface area contributed by atoms with Crippen molar-refractivity contribution in [2.45, 2.75) is 46.2 Å². The number of hydrogen-bond acceptors (Lipinski definition) is 3. The van der Waals surface area contributed by atoms with Gasteiger partial charge in [0, 0.05) is 45.7 Å². The number of imide groups is 1. The van der Waals surface area contributed by atoms with Crippen LogP contribution in [0.3, 0.4) is 0 Å². The Morgan fingerprint density at radius 1 is 1.26 bits per heavy atom. The van der Waals surface area contributed by atoms with E-state index in [4.69, 9.17) is 0 Å². The zero-order valence-electron chi connectivity index (χ0n) is 13.7. The number of carbonyl (C=O) groups excluding carboxylic acids is 3. The van der Waals surface area contributed by atoms with Crippen molar-refractivity contribution in [3.8, 4) is 0 Å². The van der Waals surface area contributed by atoms with Gasteiger partial charge in [0.2, 0.25) is 11.8 Å². The van der Waals surface area contributed by atoms with E-state index in [9.17, 15) is 14.4 Å². The molecule has 1 saturated heterocycles. The van der Waals surface area contributed by atoms with E-state index < -0.39 is 6.04 Å². The van der Waals surface area contributed by atoms with E-state index >= 15 is 0 Å². The molecule has 0 aliphatic carbocycles. The molecule has 0 bridgehead atoms. The molecule has 6 heteroatoms. The number of nitrogens with one attached hydrogen (secondary N) is 1. The maximum atomic E-state index is 12.2. The minimum absolute atomic E-state index is 0. The van der Waals surface area contributed by atoms with E-state index in [0.717, 1.165) is 5.56 Å². The molecular weight excluding hydrogens is 369 g/mol. The Bertz CT molecular complexity index is 599. The maximum Gasteiger partial charge on any atom is 0.249 e. The van der Waals surface area contributed by atoms with Crippen molar-refractivity contribution in [2.75, 3.05) is 0 Å². The molecule has 2 aliphatic heterocycles. The van der Waals surface area contributed by atoms with Crippen molar-refractivity contribution in [1.29, 1.82) is 0 Å². The van der Waals surface area contributed by atoms with E-state index in [1.165, 1.54) is 10.8 Å². The Balaban J connectivity index is 0.000000478. The summed E-state index contributed by atoms with van der Waals surface area (Å²) >= 11 is 0. The average Bonchev–Trinajstić information content (AvgIpc) is 2.76. The SMILES string of the molecule is C[C-](C)C.O=C1CCC(N2Cc3cc[c-]cc3C2=O)C(=O)N1.[Y]. The molecule has 1 fully saturated rings. The molecule has 1 aromatic carbocycles. The van der Waals surface area contributed by atoms with Gasteiger partial charge in [0.15, 0.2) is 5.91 Å². The molecule has 0 aromatic heterocycles. The summed E-state index contributed by atoms with van der Waals surface area (Å²) in [6.07, 6.45) is 0.677. The summed E-state index contributed by atoms with van der Waals surface area (Å²) in [5.41, 5.74) is 1.51. The van der Waals surface area contributed by atoms with Crippen LogP contribution in [-0.2, 0) is 48.8 Å². The van der Waals surface area contributed by atoms with Gasteiger partial charge in [-0.1, -0.05) is 5.56 Å². The Morgan fingerprint density at radius 3 is 2.48 bits per heavy atom. The third-order valence-corrected chi connectivity index (χ3v) is 3.37. The van der Waals surface area contributed by atoms with Gasteiger partial charge in [-0.2, -0.15) is 45.0 Å². The summed E-state index contributed by atoms with van der Waals surface area (Å²) in [4.78, 5) is 36.5. The summed E-state index contributed by atoms with van der Waals surface area (Å²) in [6, 6.07) is 7.55. The number of nitrogens with zero attached hydrogens (tertiary/aromatic N) is 1. The van der Waals surface area contributed by atoms with Gasteiger partial charge in [-0.15, -0.1) is 5.56 Å². The van der Waals surface area contributed by atoms with Crippen molar-refractivity contribution in [3.63, 3.8) is 0 Å². The first-order chi connectivity index (χ1) is 10.4. The van der Waals surface area contributed by atoms with E-state index in [1.54, 1.807) is 12.1 Å². The molecule has 2 aliphatic rings. The van der Waals surface area contributed by atoms with E-state index in [0.29, 0.717) is 18.5 Å². The van der Waals surface area contributed by atoms with E-state index in [2.05, 4.69) is 32.2 Å². The molecule has 5 nitrogen and oxygen atoms in total.